The van der Waals surface area contributed by atoms with Gasteiger partial charge in [-0.05, 0) is 37.2 Å². The molecular weight excluding hydrogens is 297 g/mol. The Kier molecular flexibility index (Phi) is 7.70. The second-order valence-electron chi connectivity index (χ2n) is 4.27. The largest absolute Gasteiger partial charge is 0.460 e. The van der Waals surface area contributed by atoms with Gasteiger partial charge in [-0.15, -0.1) is 12.4 Å². The minimum Gasteiger partial charge on any atom is -0.460 e. The standard InChI is InChI=1S/C15H18ClNO2.ClH/c1-18-10-4-9-17-11-12-7-8-15(19-12)13-5-2-3-6-14(13)16;/h2-3,5-8,17H,4,9-11H2,1H3;1H. The van der Waals surface area contributed by atoms with Crippen LogP contribution in [0.2, 0.25) is 5.02 Å². The minimum absolute atomic E-state index is 0. The number of rotatable bonds is 7. The monoisotopic (exact) mass is 315 g/mol. The number of hydrogen-bond donors (Lipinski definition) is 1. The lowest BCUT2D eigenvalue weighted by molar-refractivity contribution is 0.194. The number of nitrogens with one attached hydrogen (secondary N) is 1. The molecule has 0 atom stereocenters. The zero-order chi connectivity index (χ0) is 13.5. The molecule has 0 aliphatic carbocycles. The van der Waals surface area contributed by atoms with E-state index in [2.05, 4.69) is 5.32 Å². The number of furan rings is 1. The topological polar surface area (TPSA) is 34.4 Å². The maximum Gasteiger partial charge on any atom is 0.135 e. The van der Waals surface area contributed by atoms with E-state index in [9.17, 15) is 0 Å². The minimum atomic E-state index is 0. The summed E-state index contributed by atoms with van der Waals surface area (Å²) in [4.78, 5) is 0. The highest BCUT2D eigenvalue weighted by Crippen LogP contribution is 2.28. The first kappa shape index (κ1) is 17.1. The summed E-state index contributed by atoms with van der Waals surface area (Å²) in [6.45, 7) is 2.40. The van der Waals surface area contributed by atoms with Crippen LogP contribution in [0.15, 0.2) is 40.8 Å². The van der Waals surface area contributed by atoms with E-state index in [4.69, 9.17) is 20.8 Å². The summed E-state index contributed by atoms with van der Waals surface area (Å²) < 4.78 is 10.8. The Labute approximate surface area is 130 Å². The van der Waals surface area contributed by atoms with Crippen molar-refractivity contribution < 1.29 is 9.15 Å². The van der Waals surface area contributed by atoms with Crippen LogP contribution in [0.1, 0.15) is 12.2 Å². The summed E-state index contributed by atoms with van der Waals surface area (Å²) in [5, 5.41) is 4.01. The third-order valence-corrected chi connectivity index (χ3v) is 3.13. The van der Waals surface area contributed by atoms with Crippen LogP contribution in [-0.2, 0) is 11.3 Å². The van der Waals surface area contributed by atoms with Crippen LogP contribution in [0, 0.1) is 0 Å². The molecule has 0 saturated heterocycles. The fourth-order valence-electron chi connectivity index (χ4n) is 1.83. The van der Waals surface area contributed by atoms with E-state index >= 15 is 0 Å². The average Bonchev–Trinajstić information content (AvgIpc) is 2.88. The van der Waals surface area contributed by atoms with Gasteiger partial charge in [-0.2, -0.15) is 0 Å². The summed E-state index contributed by atoms with van der Waals surface area (Å²) in [6, 6.07) is 11.6. The Bertz CT molecular complexity index is 514. The van der Waals surface area contributed by atoms with Crippen molar-refractivity contribution in [3.05, 3.63) is 47.2 Å². The molecule has 20 heavy (non-hydrogen) atoms. The smallest absolute Gasteiger partial charge is 0.135 e. The Hall–Kier alpha value is -1.000. The molecule has 2 rings (SSSR count). The number of ether oxygens (including phenoxy) is 1. The summed E-state index contributed by atoms with van der Waals surface area (Å²) in [6.07, 6.45) is 0.995. The van der Waals surface area contributed by atoms with Crippen molar-refractivity contribution in [2.24, 2.45) is 0 Å². The second-order valence-corrected chi connectivity index (χ2v) is 4.68. The summed E-state index contributed by atoms with van der Waals surface area (Å²) in [5.41, 5.74) is 0.926. The zero-order valence-corrected chi connectivity index (χ0v) is 13.0. The highest BCUT2D eigenvalue weighted by molar-refractivity contribution is 6.33. The summed E-state index contributed by atoms with van der Waals surface area (Å²) >= 11 is 6.14. The maximum atomic E-state index is 6.14. The summed E-state index contributed by atoms with van der Waals surface area (Å²) in [7, 11) is 1.71. The van der Waals surface area contributed by atoms with Gasteiger partial charge >= 0.3 is 0 Å². The molecule has 0 bridgehead atoms. The zero-order valence-electron chi connectivity index (χ0n) is 11.4. The molecule has 0 aliphatic rings. The number of halogens is 2. The molecule has 1 N–H and O–H groups in total. The van der Waals surface area contributed by atoms with Crippen LogP contribution >= 0.6 is 24.0 Å². The molecular formula is C15H19Cl2NO2. The van der Waals surface area contributed by atoms with E-state index in [1.165, 1.54) is 0 Å². The average molecular weight is 316 g/mol. The predicted octanol–water partition coefficient (Wildman–Crippen LogP) is 4.15. The third-order valence-electron chi connectivity index (χ3n) is 2.80. The molecule has 2 aromatic rings. The van der Waals surface area contributed by atoms with Crippen molar-refractivity contribution in [3.8, 4) is 11.3 Å². The van der Waals surface area contributed by atoms with E-state index in [1.807, 2.05) is 36.4 Å². The first-order valence-electron chi connectivity index (χ1n) is 6.34. The fourth-order valence-corrected chi connectivity index (χ4v) is 2.06. The molecule has 0 radical (unpaired) electrons. The molecule has 1 aromatic carbocycles. The van der Waals surface area contributed by atoms with E-state index in [0.29, 0.717) is 11.6 Å². The van der Waals surface area contributed by atoms with Crippen molar-refractivity contribution in [2.75, 3.05) is 20.3 Å². The Morgan fingerprint density at radius 3 is 2.75 bits per heavy atom. The van der Waals surface area contributed by atoms with Crippen LogP contribution in [0.3, 0.4) is 0 Å². The normalized spacial score (nSPS) is 10.3. The quantitative estimate of drug-likeness (QED) is 0.779. The molecule has 3 nitrogen and oxygen atoms in total. The van der Waals surface area contributed by atoms with Gasteiger partial charge in [0.25, 0.3) is 0 Å². The number of methoxy groups -OCH3 is 1. The molecule has 110 valence electrons. The molecule has 1 heterocycles. The van der Waals surface area contributed by atoms with Crippen LogP contribution in [0.4, 0.5) is 0 Å². The lowest BCUT2D eigenvalue weighted by Gasteiger charge is -2.02. The van der Waals surface area contributed by atoms with Crippen LogP contribution in [0.25, 0.3) is 11.3 Å². The van der Waals surface area contributed by atoms with Crippen molar-refractivity contribution in [1.82, 2.24) is 5.32 Å². The first-order valence-corrected chi connectivity index (χ1v) is 6.72. The van der Waals surface area contributed by atoms with E-state index < -0.39 is 0 Å². The molecule has 0 aliphatic heterocycles. The highest BCUT2D eigenvalue weighted by atomic mass is 35.5. The molecule has 1 aromatic heterocycles. The van der Waals surface area contributed by atoms with E-state index in [1.54, 1.807) is 7.11 Å². The molecule has 0 saturated carbocycles. The van der Waals surface area contributed by atoms with Crippen molar-refractivity contribution in [2.45, 2.75) is 13.0 Å². The van der Waals surface area contributed by atoms with Gasteiger partial charge in [-0.25, -0.2) is 0 Å². The molecule has 0 amide bonds. The van der Waals surface area contributed by atoms with Gasteiger partial charge in [-0.3, -0.25) is 0 Å². The second kappa shape index (κ2) is 9.03. The molecule has 0 fully saturated rings. The lowest BCUT2D eigenvalue weighted by Crippen LogP contribution is -2.15. The predicted molar refractivity (Wildman–Crippen MR) is 84.6 cm³/mol. The van der Waals surface area contributed by atoms with Gasteiger partial charge < -0.3 is 14.5 Å². The van der Waals surface area contributed by atoms with Crippen LogP contribution in [0.5, 0.6) is 0 Å². The third kappa shape index (κ3) is 4.84. The van der Waals surface area contributed by atoms with Crippen molar-refractivity contribution >= 4 is 24.0 Å². The van der Waals surface area contributed by atoms with Crippen molar-refractivity contribution in [3.63, 3.8) is 0 Å². The van der Waals surface area contributed by atoms with E-state index in [0.717, 1.165) is 36.7 Å². The Morgan fingerprint density at radius 1 is 1.20 bits per heavy atom. The first-order chi connectivity index (χ1) is 9.31. The van der Waals surface area contributed by atoms with Gasteiger partial charge in [-0.1, -0.05) is 23.7 Å². The maximum absolute atomic E-state index is 6.14. The van der Waals surface area contributed by atoms with Crippen molar-refractivity contribution in [1.29, 1.82) is 0 Å². The molecule has 0 unspecified atom stereocenters. The van der Waals surface area contributed by atoms with Crippen LogP contribution in [-0.4, -0.2) is 20.3 Å². The highest BCUT2D eigenvalue weighted by Gasteiger charge is 2.07. The van der Waals surface area contributed by atoms with Gasteiger partial charge in [0.15, 0.2) is 0 Å². The Balaban J connectivity index is 0.00000200. The van der Waals surface area contributed by atoms with Gasteiger partial charge in [0, 0.05) is 19.3 Å². The molecule has 5 heteroatoms. The Morgan fingerprint density at radius 2 is 2.00 bits per heavy atom. The van der Waals surface area contributed by atoms with Gasteiger partial charge in [0.05, 0.1) is 11.6 Å². The summed E-state index contributed by atoms with van der Waals surface area (Å²) in [5.74, 6) is 1.71. The number of hydrogen-bond acceptors (Lipinski definition) is 3. The SMILES string of the molecule is COCCCNCc1ccc(-c2ccccc2Cl)o1.Cl. The van der Waals surface area contributed by atoms with Gasteiger partial charge in [0.1, 0.15) is 11.5 Å². The molecule has 0 spiro atoms. The lowest BCUT2D eigenvalue weighted by atomic mass is 10.2. The van der Waals surface area contributed by atoms with Crippen LogP contribution < -0.4 is 5.32 Å². The fraction of sp³-hybridized carbons (Fsp3) is 0.333. The van der Waals surface area contributed by atoms with E-state index in [-0.39, 0.29) is 12.4 Å². The van der Waals surface area contributed by atoms with Gasteiger partial charge in [0.2, 0.25) is 0 Å². The number of benzene rings is 1.